The van der Waals surface area contributed by atoms with Crippen LogP contribution >= 0.6 is 11.3 Å². The third-order valence-corrected chi connectivity index (χ3v) is 9.38. The first-order valence-corrected chi connectivity index (χ1v) is 14.9. The molecule has 38 heavy (non-hydrogen) atoms. The van der Waals surface area contributed by atoms with E-state index in [1.54, 1.807) is 6.07 Å². The number of aryl methyl sites for hydroxylation is 2. The van der Waals surface area contributed by atoms with Gasteiger partial charge in [-0.2, -0.15) is 0 Å². The van der Waals surface area contributed by atoms with E-state index in [1.165, 1.54) is 22.5 Å². The summed E-state index contributed by atoms with van der Waals surface area (Å²) >= 11 is 1.27. The van der Waals surface area contributed by atoms with Gasteiger partial charge in [-0.25, -0.2) is 9.18 Å². The molecule has 5 rings (SSSR count). The highest BCUT2D eigenvalue weighted by atomic mass is 32.1. The van der Waals surface area contributed by atoms with E-state index in [4.69, 9.17) is 4.52 Å². The topological polar surface area (TPSA) is 63.3 Å². The summed E-state index contributed by atoms with van der Waals surface area (Å²) in [6.07, 6.45) is 17.9. The molecule has 6 heteroatoms. The van der Waals surface area contributed by atoms with Crippen molar-refractivity contribution in [1.82, 2.24) is 5.16 Å². The molecular formula is C32H38FNO3S. The van der Waals surface area contributed by atoms with Crippen molar-refractivity contribution in [3.63, 3.8) is 0 Å². The Morgan fingerprint density at radius 2 is 2.00 bits per heavy atom. The molecule has 0 aliphatic heterocycles. The number of halogens is 1. The SMILES string of the molecule is Cc1noc(C)c1C1=CC(C)CC=C2C(=C1)CCC(CCC1(F)CCCCC1)C=C2c1csc(C(=O)O)c1. The van der Waals surface area contributed by atoms with E-state index in [9.17, 15) is 9.90 Å². The summed E-state index contributed by atoms with van der Waals surface area (Å²) in [6, 6.07) is 1.80. The van der Waals surface area contributed by atoms with Crippen LogP contribution in [0.15, 0.2) is 51.4 Å². The Morgan fingerprint density at radius 3 is 2.68 bits per heavy atom. The van der Waals surface area contributed by atoms with Crippen LogP contribution < -0.4 is 0 Å². The van der Waals surface area contributed by atoms with Crippen molar-refractivity contribution in [2.75, 3.05) is 0 Å². The average molecular weight is 536 g/mol. The predicted molar refractivity (Wildman–Crippen MR) is 152 cm³/mol. The van der Waals surface area contributed by atoms with E-state index in [1.807, 2.05) is 19.2 Å². The van der Waals surface area contributed by atoms with E-state index >= 15 is 4.39 Å². The maximum Gasteiger partial charge on any atom is 0.345 e. The van der Waals surface area contributed by atoms with Crippen molar-refractivity contribution in [2.45, 2.75) is 90.6 Å². The summed E-state index contributed by atoms with van der Waals surface area (Å²) in [6.45, 7) is 6.16. The smallest absolute Gasteiger partial charge is 0.345 e. The molecule has 202 valence electrons. The van der Waals surface area contributed by atoms with Gasteiger partial charge in [0.15, 0.2) is 0 Å². The molecule has 1 saturated carbocycles. The van der Waals surface area contributed by atoms with Crippen LogP contribution in [0.4, 0.5) is 4.39 Å². The lowest BCUT2D eigenvalue weighted by atomic mass is 9.80. The lowest BCUT2D eigenvalue weighted by molar-refractivity contribution is 0.0702. The van der Waals surface area contributed by atoms with Gasteiger partial charge in [-0.15, -0.1) is 11.3 Å². The number of hydrogen-bond acceptors (Lipinski definition) is 4. The molecule has 0 saturated heterocycles. The third kappa shape index (κ3) is 5.80. The van der Waals surface area contributed by atoms with Crippen molar-refractivity contribution in [3.8, 4) is 0 Å². The monoisotopic (exact) mass is 535 g/mol. The number of aromatic nitrogens is 1. The van der Waals surface area contributed by atoms with Gasteiger partial charge < -0.3 is 9.63 Å². The minimum Gasteiger partial charge on any atom is -0.477 e. The molecule has 0 aromatic carbocycles. The quantitative estimate of drug-likeness (QED) is 0.400. The summed E-state index contributed by atoms with van der Waals surface area (Å²) in [5.74, 6) is 0.477. The average Bonchev–Trinajstić information content (AvgIpc) is 3.45. The maximum atomic E-state index is 15.5. The number of carboxylic acid groups (broad SMARTS) is 1. The van der Waals surface area contributed by atoms with E-state index in [-0.39, 0.29) is 5.92 Å². The summed E-state index contributed by atoms with van der Waals surface area (Å²) in [4.78, 5) is 12.0. The third-order valence-electron chi connectivity index (χ3n) is 8.47. The van der Waals surface area contributed by atoms with Crippen molar-refractivity contribution in [3.05, 3.63) is 74.4 Å². The molecule has 4 nitrogen and oxygen atoms in total. The number of carbonyl (C=O) groups is 1. The minimum absolute atomic E-state index is 0.242. The second kappa shape index (κ2) is 11.2. The highest BCUT2D eigenvalue weighted by molar-refractivity contribution is 7.12. The molecule has 2 unspecified atom stereocenters. The molecule has 2 aromatic rings. The van der Waals surface area contributed by atoms with Gasteiger partial charge in [-0.3, -0.25) is 0 Å². The Hall–Kier alpha value is -2.73. The van der Waals surface area contributed by atoms with Gasteiger partial charge in [0.2, 0.25) is 0 Å². The molecule has 1 N–H and O–H groups in total. The normalized spacial score (nSPS) is 23.7. The van der Waals surface area contributed by atoms with Crippen LogP contribution in [0.3, 0.4) is 0 Å². The van der Waals surface area contributed by atoms with Crippen LogP contribution in [0.5, 0.6) is 0 Å². The van der Waals surface area contributed by atoms with Crippen molar-refractivity contribution in [2.24, 2.45) is 11.8 Å². The number of nitrogens with zero attached hydrogens (tertiary/aromatic N) is 1. The molecule has 3 aliphatic carbocycles. The molecular weight excluding hydrogens is 497 g/mol. The highest BCUT2D eigenvalue weighted by Gasteiger charge is 2.33. The van der Waals surface area contributed by atoms with Crippen LogP contribution in [-0.2, 0) is 0 Å². The van der Waals surface area contributed by atoms with Crippen molar-refractivity contribution >= 4 is 28.5 Å². The largest absolute Gasteiger partial charge is 0.477 e. The molecule has 0 radical (unpaired) electrons. The fraction of sp³-hybridized carbons (Fsp3) is 0.500. The van der Waals surface area contributed by atoms with Crippen LogP contribution in [-0.4, -0.2) is 21.9 Å². The van der Waals surface area contributed by atoms with Gasteiger partial charge in [-0.1, -0.05) is 55.6 Å². The molecule has 3 aliphatic rings. The zero-order valence-electron chi connectivity index (χ0n) is 22.7. The number of aromatic carboxylic acids is 1. The van der Waals surface area contributed by atoms with Gasteiger partial charge >= 0.3 is 5.97 Å². The van der Waals surface area contributed by atoms with Gasteiger partial charge in [0.25, 0.3) is 0 Å². The Morgan fingerprint density at radius 1 is 1.21 bits per heavy atom. The molecule has 2 heterocycles. The molecule has 2 atom stereocenters. The summed E-state index contributed by atoms with van der Waals surface area (Å²) in [5.41, 5.74) is 6.49. The zero-order chi connectivity index (χ0) is 26.9. The number of carboxylic acids is 1. The molecule has 0 spiro atoms. The number of alkyl halides is 1. The summed E-state index contributed by atoms with van der Waals surface area (Å²) < 4.78 is 21.1. The van der Waals surface area contributed by atoms with Crippen LogP contribution in [0.2, 0.25) is 0 Å². The number of fused-ring (bicyclic) bond motifs is 1. The summed E-state index contributed by atoms with van der Waals surface area (Å²) in [7, 11) is 0. The fourth-order valence-corrected chi connectivity index (χ4v) is 7.11. The van der Waals surface area contributed by atoms with E-state index in [0.717, 1.165) is 78.7 Å². The predicted octanol–water partition coefficient (Wildman–Crippen LogP) is 9.27. The number of hydrogen-bond donors (Lipinski definition) is 1. The molecule has 1 fully saturated rings. The first-order valence-electron chi connectivity index (χ1n) is 14.0. The summed E-state index contributed by atoms with van der Waals surface area (Å²) in [5, 5.41) is 15.8. The fourth-order valence-electron chi connectivity index (χ4n) is 6.36. The number of thiophene rings is 1. The second-order valence-corrected chi connectivity index (χ2v) is 12.4. The van der Waals surface area contributed by atoms with Crippen molar-refractivity contribution < 1.29 is 18.8 Å². The first-order chi connectivity index (χ1) is 18.2. The second-order valence-electron chi connectivity index (χ2n) is 11.5. The van der Waals surface area contributed by atoms with E-state index in [0.29, 0.717) is 30.1 Å². The Labute approximate surface area is 229 Å². The van der Waals surface area contributed by atoms with Gasteiger partial charge in [0.1, 0.15) is 16.3 Å². The standard InChI is InChI=1S/C32H38FNO3S/c1-20-7-10-27-24(17-25(15-20)30-21(2)34-37-22(30)3)9-8-23(11-14-32(33)12-5-4-6-13-32)16-28(27)26-18-29(31(35)36)38-19-26/h10,15-20,23H,4-9,11-14H2,1-3H3,(H,35,36). The van der Waals surface area contributed by atoms with Crippen molar-refractivity contribution in [1.29, 1.82) is 0 Å². The Kier molecular flexibility index (Phi) is 7.90. The van der Waals surface area contributed by atoms with Gasteiger partial charge in [0.05, 0.1) is 5.69 Å². The van der Waals surface area contributed by atoms with E-state index in [2.05, 4.69) is 36.4 Å². The Bertz CT molecular complexity index is 1300. The number of rotatable bonds is 6. The van der Waals surface area contributed by atoms with Gasteiger partial charge in [-0.05, 0) is 110 Å². The van der Waals surface area contributed by atoms with E-state index < -0.39 is 11.6 Å². The minimum atomic E-state index is -1.04. The number of allylic oxidation sites excluding steroid dienone is 8. The lowest BCUT2D eigenvalue weighted by Gasteiger charge is -2.30. The molecule has 0 bridgehead atoms. The zero-order valence-corrected chi connectivity index (χ0v) is 23.5. The molecule has 0 amide bonds. The first kappa shape index (κ1) is 26.9. The maximum absolute atomic E-state index is 15.5. The lowest BCUT2D eigenvalue weighted by Crippen LogP contribution is -2.26. The van der Waals surface area contributed by atoms with Gasteiger partial charge in [0, 0.05) is 5.56 Å². The van der Waals surface area contributed by atoms with Crippen LogP contribution in [0.25, 0.3) is 11.1 Å². The van der Waals surface area contributed by atoms with Crippen LogP contribution in [0, 0.1) is 25.7 Å². The molecule has 2 aromatic heterocycles. The highest BCUT2D eigenvalue weighted by Crippen LogP contribution is 2.44. The van der Waals surface area contributed by atoms with Crippen LogP contribution in [0.1, 0.15) is 103 Å². The Balaban J connectivity index is 1.54.